The number of hydrogen-bond donors (Lipinski definition) is 1. The number of nitrogens with one attached hydrogen (secondary N) is 1. The number of aromatic amines is 1. The number of ether oxygens (including phenoxy) is 1. The van der Waals surface area contributed by atoms with Crippen LogP contribution in [-0.4, -0.2) is 10.8 Å². The van der Waals surface area contributed by atoms with Gasteiger partial charge in [-0.05, 0) is 58.1 Å². The van der Waals surface area contributed by atoms with Gasteiger partial charge in [-0.1, -0.05) is 31.4 Å². The summed E-state index contributed by atoms with van der Waals surface area (Å²) in [6.45, 7) is 8.77. The zero-order valence-corrected chi connectivity index (χ0v) is 16.3. The van der Waals surface area contributed by atoms with E-state index < -0.39 is 0 Å². The molecular formula is C22H29NO3. The van der Waals surface area contributed by atoms with Gasteiger partial charge in [-0.25, -0.2) is 0 Å². The molecule has 1 unspecified atom stereocenters. The topological polar surface area (TPSA) is 55.2 Å². The normalized spacial score (nSPS) is 23.9. The Morgan fingerprint density at radius 2 is 2.12 bits per heavy atom. The third kappa shape index (κ3) is 2.70. The predicted octanol–water partition coefficient (Wildman–Crippen LogP) is 5.46. The highest BCUT2D eigenvalue weighted by molar-refractivity contribution is 5.86. The van der Waals surface area contributed by atoms with Gasteiger partial charge in [0.1, 0.15) is 11.4 Å². The first-order valence-corrected chi connectivity index (χ1v) is 9.95. The lowest BCUT2D eigenvalue weighted by molar-refractivity contribution is 0.0118. The van der Waals surface area contributed by atoms with Crippen LogP contribution in [0.2, 0.25) is 0 Å². The predicted molar refractivity (Wildman–Crippen MR) is 104 cm³/mol. The van der Waals surface area contributed by atoms with Crippen molar-refractivity contribution in [3.63, 3.8) is 0 Å². The van der Waals surface area contributed by atoms with Gasteiger partial charge >= 0.3 is 0 Å². The van der Waals surface area contributed by atoms with E-state index in [1.54, 1.807) is 0 Å². The van der Waals surface area contributed by atoms with E-state index >= 15 is 0 Å². The quantitative estimate of drug-likeness (QED) is 0.585. The molecule has 0 saturated carbocycles. The van der Waals surface area contributed by atoms with Gasteiger partial charge in [-0.15, -0.1) is 0 Å². The number of allylic oxidation sites excluding steroid dienone is 2. The van der Waals surface area contributed by atoms with Crippen molar-refractivity contribution in [3.8, 4) is 5.75 Å². The zero-order chi connectivity index (χ0) is 18.5. The molecule has 1 aromatic heterocycles. The van der Waals surface area contributed by atoms with E-state index in [1.807, 2.05) is 0 Å². The summed E-state index contributed by atoms with van der Waals surface area (Å²) in [6, 6.07) is 2.10. The highest BCUT2D eigenvalue weighted by Gasteiger charge is 2.45. The maximum atomic E-state index is 12.5. The Kier molecular flexibility index (Phi) is 4.25. The zero-order valence-electron chi connectivity index (χ0n) is 16.3. The van der Waals surface area contributed by atoms with Gasteiger partial charge < -0.3 is 9.26 Å². The van der Waals surface area contributed by atoms with Crippen LogP contribution in [0.3, 0.4) is 0 Å². The van der Waals surface area contributed by atoms with Gasteiger partial charge in [-0.2, -0.15) is 5.16 Å². The lowest BCUT2D eigenvalue weighted by atomic mass is 9.68. The molecule has 2 heterocycles. The molecule has 4 rings (SSSR count). The summed E-state index contributed by atoms with van der Waals surface area (Å²) in [7, 11) is 0. The van der Waals surface area contributed by atoms with Crippen LogP contribution in [0.4, 0.5) is 0 Å². The van der Waals surface area contributed by atoms with Crippen molar-refractivity contribution >= 4 is 11.0 Å². The summed E-state index contributed by atoms with van der Waals surface area (Å²) in [6.07, 6.45) is 8.85. The highest BCUT2D eigenvalue weighted by Crippen LogP contribution is 2.52. The molecule has 2 aromatic rings. The molecule has 2 aliphatic rings. The summed E-state index contributed by atoms with van der Waals surface area (Å²) in [4.78, 5) is 12.5. The van der Waals surface area contributed by atoms with Gasteiger partial charge in [0.15, 0.2) is 5.58 Å². The maximum Gasteiger partial charge on any atom is 0.288 e. The Morgan fingerprint density at radius 1 is 1.31 bits per heavy atom. The Morgan fingerprint density at radius 3 is 2.88 bits per heavy atom. The molecule has 140 valence electrons. The molecule has 4 heteroatoms. The fraction of sp³-hybridized carbons (Fsp3) is 0.591. The van der Waals surface area contributed by atoms with Crippen molar-refractivity contribution in [2.75, 3.05) is 0 Å². The molecule has 0 fully saturated rings. The molecule has 0 bridgehead atoms. The van der Waals surface area contributed by atoms with Crippen molar-refractivity contribution in [1.82, 2.24) is 5.16 Å². The van der Waals surface area contributed by atoms with Crippen molar-refractivity contribution < 1.29 is 9.26 Å². The van der Waals surface area contributed by atoms with Crippen LogP contribution in [0, 0.1) is 5.92 Å². The lowest BCUT2D eigenvalue weighted by Gasteiger charge is -2.46. The molecule has 26 heavy (non-hydrogen) atoms. The average molecular weight is 355 g/mol. The summed E-state index contributed by atoms with van der Waals surface area (Å²) >= 11 is 0. The van der Waals surface area contributed by atoms with Gasteiger partial charge in [0.05, 0.1) is 5.39 Å². The van der Waals surface area contributed by atoms with E-state index in [1.165, 1.54) is 5.57 Å². The smallest absolute Gasteiger partial charge is 0.288 e. The molecule has 1 aliphatic carbocycles. The van der Waals surface area contributed by atoms with Crippen LogP contribution < -0.4 is 10.3 Å². The summed E-state index contributed by atoms with van der Waals surface area (Å²) in [5.41, 5.74) is 3.88. The summed E-state index contributed by atoms with van der Waals surface area (Å²) < 4.78 is 12.2. The molecule has 1 aromatic carbocycles. The first kappa shape index (κ1) is 17.4. The first-order chi connectivity index (χ1) is 12.4. The molecule has 0 saturated heterocycles. The first-order valence-electron chi connectivity index (χ1n) is 9.95. The Balaban J connectivity index is 1.92. The van der Waals surface area contributed by atoms with Crippen LogP contribution in [0.5, 0.6) is 5.75 Å². The number of rotatable bonds is 4. The number of unbranched alkanes of at least 4 members (excludes halogenated alkanes) is 2. The second-order valence-electron chi connectivity index (χ2n) is 8.53. The highest BCUT2D eigenvalue weighted by atomic mass is 16.5. The van der Waals surface area contributed by atoms with Crippen LogP contribution in [-0.2, 0) is 6.42 Å². The van der Waals surface area contributed by atoms with Gasteiger partial charge in [0.25, 0.3) is 5.56 Å². The van der Waals surface area contributed by atoms with E-state index in [2.05, 4.69) is 45.0 Å². The monoisotopic (exact) mass is 355 g/mol. The maximum absolute atomic E-state index is 12.5. The number of hydrogen-bond acceptors (Lipinski definition) is 3. The van der Waals surface area contributed by atoms with Crippen molar-refractivity contribution in [2.45, 2.75) is 77.7 Å². The molecule has 0 spiro atoms. The minimum Gasteiger partial charge on any atom is -0.487 e. The second kappa shape index (κ2) is 6.33. The van der Waals surface area contributed by atoms with Crippen molar-refractivity contribution in [2.24, 2.45) is 5.92 Å². The molecule has 2 atom stereocenters. The Bertz CT molecular complexity index is 915. The van der Waals surface area contributed by atoms with Crippen LogP contribution in [0.1, 0.15) is 76.8 Å². The number of aryl methyl sites for hydroxylation is 1. The number of H-pyrrole nitrogens is 1. The van der Waals surface area contributed by atoms with Gasteiger partial charge in [-0.3, -0.25) is 4.79 Å². The van der Waals surface area contributed by atoms with E-state index in [-0.39, 0.29) is 17.1 Å². The standard InChI is InChI=1S/C22H29NO3/c1-5-6-7-8-14-12-17-19(20-18(14)21(24)23-26-20)15-11-13(2)9-10-16(15)22(3,4)25-17/h11-12,15-16H,5-10H2,1-4H3,(H,23,24)/t15?,16-/m1/s1. The van der Waals surface area contributed by atoms with Crippen LogP contribution in [0.15, 0.2) is 27.0 Å². The number of fused-ring (bicyclic) bond motifs is 5. The van der Waals surface area contributed by atoms with E-state index in [0.717, 1.165) is 60.8 Å². The van der Waals surface area contributed by atoms with E-state index in [9.17, 15) is 4.79 Å². The van der Waals surface area contributed by atoms with Crippen molar-refractivity contribution in [3.05, 3.63) is 39.2 Å². The minimum absolute atomic E-state index is 0.118. The van der Waals surface area contributed by atoms with E-state index in [4.69, 9.17) is 9.26 Å². The average Bonchev–Trinajstić information content (AvgIpc) is 2.96. The number of benzene rings is 1. The summed E-state index contributed by atoms with van der Waals surface area (Å²) in [5, 5.41) is 3.30. The second-order valence-corrected chi connectivity index (χ2v) is 8.53. The molecule has 1 aliphatic heterocycles. The van der Waals surface area contributed by atoms with Crippen molar-refractivity contribution in [1.29, 1.82) is 0 Å². The largest absolute Gasteiger partial charge is 0.487 e. The molecular weight excluding hydrogens is 326 g/mol. The molecule has 0 amide bonds. The Labute approximate surface area is 154 Å². The fourth-order valence-electron chi connectivity index (χ4n) is 4.86. The molecule has 1 N–H and O–H groups in total. The number of aromatic nitrogens is 1. The SMILES string of the molecule is CCCCCc1cc2c(c3o[nH]c(=O)c13)C1C=C(C)CC[C@H]1C(C)(C)O2. The Hall–Kier alpha value is -1.97. The van der Waals surface area contributed by atoms with Gasteiger partial charge in [0.2, 0.25) is 0 Å². The molecule has 0 radical (unpaired) electrons. The van der Waals surface area contributed by atoms with Crippen LogP contribution in [0.25, 0.3) is 11.0 Å². The third-order valence-electron chi connectivity index (χ3n) is 6.23. The third-order valence-corrected chi connectivity index (χ3v) is 6.23. The minimum atomic E-state index is -0.222. The summed E-state index contributed by atoms with van der Waals surface area (Å²) in [5.74, 6) is 1.53. The molecule has 4 nitrogen and oxygen atoms in total. The van der Waals surface area contributed by atoms with Crippen LogP contribution >= 0.6 is 0 Å². The van der Waals surface area contributed by atoms with Gasteiger partial charge in [0, 0.05) is 17.4 Å². The lowest BCUT2D eigenvalue weighted by Crippen LogP contribution is -2.45. The van der Waals surface area contributed by atoms with E-state index in [0.29, 0.717) is 11.5 Å². The fourth-order valence-corrected chi connectivity index (χ4v) is 4.86.